The maximum absolute atomic E-state index is 12.6. The van der Waals surface area contributed by atoms with Crippen LogP contribution in [0.15, 0.2) is 48.5 Å². The van der Waals surface area contributed by atoms with Crippen LogP contribution in [0.25, 0.3) is 10.9 Å². The van der Waals surface area contributed by atoms with E-state index in [9.17, 15) is 4.79 Å². The average Bonchev–Trinajstić information content (AvgIpc) is 2.61. The molecule has 0 saturated carbocycles. The van der Waals surface area contributed by atoms with E-state index >= 15 is 0 Å². The van der Waals surface area contributed by atoms with E-state index in [-0.39, 0.29) is 5.91 Å². The quantitative estimate of drug-likeness (QED) is 0.784. The summed E-state index contributed by atoms with van der Waals surface area (Å²) >= 11 is 0. The molecule has 1 aromatic heterocycles. The molecule has 0 atom stereocenters. The van der Waals surface area contributed by atoms with Gasteiger partial charge >= 0.3 is 0 Å². The van der Waals surface area contributed by atoms with Crippen LogP contribution in [0.1, 0.15) is 16.1 Å². The number of rotatable bonds is 2. The average molecular weight is 320 g/mol. The fourth-order valence-electron chi connectivity index (χ4n) is 2.74. The van der Waals surface area contributed by atoms with Crippen LogP contribution in [0.3, 0.4) is 0 Å². The van der Waals surface area contributed by atoms with Crippen molar-refractivity contribution in [2.45, 2.75) is 6.92 Å². The number of hydrogen-bond acceptors (Lipinski definition) is 4. The molecule has 2 aromatic carbocycles. The van der Waals surface area contributed by atoms with Crippen LogP contribution in [-0.4, -0.2) is 24.1 Å². The van der Waals surface area contributed by atoms with Crippen LogP contribution in [0.4, 0.5) is 5.69 Å². The lowest BCUT2D eigenvalue weighted by Gasteiger charge is -2.18. The van der Waals surface area contributed by atoms with E-state index in [1.54, 1.807) is 18.2 Å². The number of aromatic nitrogens is 1. The van der Waals surface area contributed by atoms with Gasteiger partial charge in [-0.2, -0.15) is 0 Å². The third-order valence-corrected chi connectivity index (χ3v) is 3.92. The van der Waals surface area contributed by atoms with Gasteiger partial charge in [0.2, 0.25) is 0 Å². The van der Waals surface area contributed by atoms with Gasteiger partial charge in [0.25, 0.3) is 5.91 Å². The Labute approximate surface area is 139 Å². The molecule has 0 spiro atoms. The molecule has 2 heterocycles. The van der Waals surface area contributed by atoms with E-state index < -0.39 is 0 Å². The number of pyridine rings is 1. The molecule has 0 radical (unpaired) electrons. The summed E-state index contributed by atoms with van der Waals surface area (Å²) in [6.45, 7) is 2.97. The lowest BCUT2D eigenvalue weighted by atomic mass is 10.1. The first-order valence-corrected chi connectivity index (χ1v) is 7.78. The smallest absolute Gasteiger partial charge is 0.255 e. The highest BCUT2D eigenvalue weighted by Crippen LogP contribution is 2.31. The van der Waals surface area contributed by atoms with Gasteiger partial charge in [-0.25, -0.2) is 0 Å². The number of hydrogen-bond donors (Lipinski definition) is 1. The molecule has 0 unspecified atom stereocenters. The van der Waals surface area contributed by atoms with E-state index in [2.05, 4.69) is 10.3 Å². The second kappa shape index (κ2) is 5.85. The molecular weight excluding hydrogens is 304 g/mol. The molecule has 3 aromatic rings. The number of carbonyl (C=O) groups excluding carboxylic acids is 1. The topological polar surface area (TPSA) is 60.5 Å². The lowest BCUT2D eigenvalue weighted by molar-refractivity contribution is 0.102. The van der Waals surface area contributed by atoms with Crippen molar-refractivity contribution in [3.8, 4) is 11.5 Å². The van der Waals surface area contributed by atoms with E-state index in [4.69, 9.17) is 9.47 Å². The maximum Gasteiger partial charge on any atom is 0.255 e. The summed E-state index contributed by atoms with van der Waals surface area (Å²) in [7, 11) is 0. The van der Waals surface area contributed by atoms with Crippen molar-refractivity contribution in [3.63, 3.8) is 0 Å². The van der Waals surface area contributed by atoms with Crippen LogP contribution in [0, 0.1) is 6.92 Å². The first kappa shape index (κ1) is 14.5. The third kappa shape index (κ3) is 2.65. The number of benzene rings is 2. The minimum Gasteiger partial charge on any atom is -0.486 e. The zero-order valence-electron chi connectivity index (χ0n) is 13.2. The van der Waals surface area contributed by atoms with Crippen molar-refractivity contribution in [2.75, 3.05) is 18.5 Å². The molecule has 1 amide bonds. The first-order valence-electron chi connectivity index (χ1n) is 7.78. The van der Waals surface area contributed by atoms with Gasteiger partial charge in [0.1, 0.15) is 13.2 Å². The molecule has 1 N–H and O–H groups in total. The Kier molecular flexibility index (Phi) is 3.54. The lowest BCUT2D eigenvalue weighted by Crippen LogP contribution is -2.17. The fraction of sp³-hybridized carbons (Fsp3) is 0.158. The number of ether oxygens (including phenoxy) is 2. The van der Waals surface area contributed by atoms with Crippen LogP contribution in [-0.2, 0) is 0 Å². The van der Waals surface area contributed by atoms with Gasteiger partial charge in [0.05, 0.1) is 11.2 Å². The van der Waals surface area contributed by atoms with E-state index in [0.29, 0.717) is 30.3 Å². The van der Waals surface area contributed by atoms with Crippen LogP contribution < -0.4 is 14.8 Å². The van der Waals surface area contributed by atoms with Crippen molar-refractivity contribution < 1.29 is 14.3 Å². The Hall–Kier alpha value is -3.08. The molecule has 4 rings (SSSR count). The molecule has 5 nitrogen and oxygen atoms in total. The Bertz CT molecular complexity index is 937. The van der Waals surface area contributed by atoms with Crippen molar-refractivity contribution in [1.29, 1.82) is 0 Å². The summed E-state index contributed by atoms with van der Waals surface area (Å²) in [5.41, 5.74) is 3.06. The molecule has 120 valence electrons. The zero-order valence-corrected chi connectivity index (χ0v) is 13.2. The van der Waals surface area contributed by atoms with Gasteiger partial charge in [-0.05, 0) is 49.4 Å². The minimum absolute atomic E-state index is 0.194. The monoisotopic (exact) mass is 320 g/mol. The Morgan fingerprint density at radius 2 is 1.88 bits per heavy atom. The van der Waals surface area contributed by atoms with Gasteiger partial charge in [0.15, 0.2) is 11.5 Å². The van der Waals surface area contributed by atoms with Crippen LogP contribution >= 0.6 is 0 Å². The summed E-state index contributed by atoms with van der Waals surface area (Å²) in [5, 5.41) is 3.86. The van der Waals surface area contributed by atoms with E-state index in [0.717, 1.165) is 22.3 Å². The largest absolute Gasteiger partial charge is 0.486 e. The second-order valence-corrected chi connectivity index (χ2v) is 5.64. The Morgan fingerprint density at radius 1 is 1.04 bits per heavy atom. The summed E-state index contributed by atoms with van der Waals surface area (Å²) in [6.07, 6.45) is 0. The summed E-state index contributed by atoms with van der Waals surface area (Å²) in [6, 6.07) is 14.8. The number of amides is 1. The fourth-order valence-corrected chi connectivity index (χ4v) is 2.74. The number of nitrogens with zero attached hydrogens (tertiary/aromatic N) is 1. The molecule has 0 bridgehead atoms. The molecule has 24 heavy (non-hydrogen) atoms. The normalized spacial score (nSPS) is 12.9. The van der Waals surface area contributed by atoms with Gasteiger partial charge in [0, 0.05) is 16.6 Å². The molecule has 0 saturated heterocycles. The SMILES string of the molecule is Cc1ccc2c(NC(=O)c3ccc4c(c3)OCCO4)cccc2n1. The van der Waals surface area contributed by atoms with Crippen molar-refractivity contribution in [2.24, 2.45) is 0 Å². The number of nitrogens with one attached hydrogen (secondary N) is 1. The highest BCUT2D eigenvalue weighted by Gasteiger charge is 2.15. The predicted molar refractivity (Wildman–Crippen MR) is 91.9 cm³/mol. The van der Waals surface area contributed by atoms with Gasteiger partial charge < -0.3 is 14.8 Å². The van der Waals surface area contributed by atoms with Gasteiger partial charge in [-0.1, -0.05) is 6.07 Å². The Balaban J connectivity index is 1.65. The Morgan fingerprint density at radius 3 is 2.75 bits per heavy atom. The highest BCUT2D eigenvalue weighted by molar-refractivity contribution is 6.09. The van der Waals surface area contributed by atoms with Crippen LogP contribution in [0.2, 0.25) is 0 Å². The molecule has 1 aliphatic heterocycles. The van der Waals surface area contributed by atoms with Crippen LogP contribution in [0.5, 0.6) is 11.5 Å². The first-order chi connectivity index (χ1) is 11.7. The van der Waals surface area contributed by atoms with E-state index in [1.807, 2.05) is 37.3 Å². The molecule has 1 aliphatic rings. The molecular formula is C19H16N2O3. The molecule has 5 heteroatoms. The molecule has 0 aliphatic carbocycles. The summed E-state index contributed by atoms with van der Waals surface area (Å²) in [5.74, 6) is 1.08. The number of fused-ring (bicyclic) bond motifs is 2. The van der Waals surface area contributed by atoms with Gasteiger partial charge in [-0.15, -0.1) is 0 Å². The minimum atomic E-state index is -0.194. The standard InChI is InChI=1S/C19H16N2O3/c1-12-5-7-14-15(20-12)3-2-4-16(14)21-19(22)13-6-8-17-18(11-13)24-10-9-23-17/h2-8,11H,9-10H2,1H3,(H,21,22). The third-order valence-electron chi connectivity index (χ3n) is 3.92. The number of anilines is 1. The van der Waals surface area contributed by atoms with Crippen molar-refractivity contribution in [3.05, 3.63) is 59.8 Å². The number of carbonyl (C=O) groups is 1. The summed E-state index contributed by atoms with van der Waals surface area (Å²) in [4.78, 5) is 17.1. The number of aryl methyl sites for hydroxylation is 1. The van der Waals surface area contributed by atoms with Crippen molar-refractivity contribution in [1.82, 2.24) is 4.98 Å². The highest BCUT2D eigenvalue weighted by atomic mass is 16.6. The second-order valence-electron chi connectivity index (χ2n) is 5.64. The summed E-state index contributed by atoms with van der Waals surface area (Å²) < 4.78 is 11.0. The van der Waals surface area contributed by atoms with E-state index in [1.165, 1.54) is 0 Å². The predicted octanol–water partition coefficient (Wildman–Crippen LogP) is 3.57. The maximum atomic E-state index is 12.6. The molecule has 0 fully saturated rings. The van der Waals surface area contributed by atoms with Gasteiger partial charge in [-0.3, -0.25) is 9.78 Å². The zero-order chi connectivity index (χ0) is 16.5. The van der Waals surface area contributed by atoms with Crippen molar-refractivity contribution >= 4 is 22.5 Å².